The van der Waals surface area contributed by atoms with Crippen molar-refractivity contribution >= 4 is 11.9 Å². The van der Waals surface area contributed by atoms with Gasteiger partial charge in [-0.15, -0.1) is 0 Å². The first-order valence-corrected chi connectivity index (χ1v) is 7.44. The third-order valence-corrected chi connectivity index (χ3v) is 3.31. The zero-order chi connectivity index (χ0) is 15.3. The van der Waals surface area contributed by atoms with E-state index in [9.17, 15) is 4.79 Å². The van der Waals surface area contributed by atoms with Gasteiger partial charge >= 0.3 is 6.09 Å². The van der Waals surface area contributed by atoms with Crippen molar-refractivity contribution in [2.75, 3.05) is 5.32 Å². The summed E-state index contributed by atoms with van der Waals surface area (Å²) < 4.78 is 5.30. The molecule has 0 saturated heterocycles. The lowest BCUT2D eigenvalue weighted by molar-refractivity contribution is 0.0492. The van der Waals surface area contributed by atoms with E-state index in [2.05, 4.69) is 20.6 Å². The molecule has 21 heavy (non-hydrogen) atoms. The molecule has 2 N–H and O–H groups in total. The minimum absolute atomic E-state index is 0.141. The molecular formula is C15H24N4O2. The number of nitrogens with one attached hydrogen (secondary N) is 2. The van der Waals surface area contributed by atoms with Gasteiger partial charge in [-0.05, 0) is 46.5 Å². The van der Waals surface area contributed by atoms with Crippen molar-refractivity contribution < 1.29 is 9.53 Å². The molecule has 1 aliphatic carbocycles. The Bertz CT molecular complexity index is 458. The zero-order valence-corrected chi connectivity index (χ0v) is 12.9. The Morgan fingerprint density at radius 2 is 2.05 bits per heavy atom. The molecule has 1 aromatic heterocycles. The van der Waals surface area contributed by atoms with Crippen LogP contribution in [0.4, 0.5) is 10.6 Å². The predicted octanol–water partition coefficient (Wildman–Crippen LogP) is 2.72. The van der Waals surface area contributed by atoms with Crippen LogP contribution in [0.3, 0.4) is 0 Å². The fourth-order valence-corrected chi connectivity index (χ4v) is 2.51. The van der Waals surface area contributed by atoms with E-state index in [1.807, 2.05) is 20.8 Å². The number of rotatable bonds is 3. The summed E-state index contributed by atoms with van der Waals surface area (Å²) in [6.45, 7) is 5.60. The van der Waals surface area contributed by atoms with Gasteiger partial charge in [0.05, 0.1) is 6.20 Å². The van der Waals surface area contributed by atoms with Crippen molar-refractivity contribution in [3.8, 4) is 0 Å². The Balaban J connectivity index is 1.82. The van der Waals surface area contributed by atoms with Gasteiger partial charge in [-0.1, -0.05) is 0 Å². The van der Waals surface area contributed by atoms with Crippen molar-refractivity contribution in [3.05, 3.63) is 18.6 Å². The van der Waals surface area contributed by atoms with Gasteiger partial charge < -0.3 is 15.4 Å². The lowest BCUT2D eigenvalue weighted by atomic mass is 9.91. The number of ether oxygens (including phenoxy) is 1. The van der Waals surface area contributed by atoms with Crippen molar-refractivity contribution in [1.82, 2.24) is 15.3 Å². The van der Waals surface area contributed by atoms with E-state index in [4.69, 9.17) is 4.74 Å². The molecule has 1 amide bonds. The Morgan fingerprint density at radius 3 is 2.71 bits per heavy atom. The Hall–Kier alpha value is -1.85. The maximum Gasteiger partial charge on any atom is 0.407 e. The van der Waals surface area contributed by atoms with Gasteiger partial charge in [-0.2, -0.15) is 0 Å². The number of aromatic nitrogens is 2. The molecule has 0 unspecified atom stereocenters. The molecule has 0 aromatic carbocycles. The summed E-state index contributed by atoms with van der Waals surface area (Å²) in [5.41, 5.74) is -0.462. The summed E-state index contributed by atoms with van der Waals surface area (Å²) in [4.78, 5) is 20.1. The first kappa shape index (κ1) is 15.5. The largest absolute Gasteiger partial charge is 0.444 e. The van der Waals surface area contributed by atoms with Crippen LogP contribution in [0.1, 0.15) is 46.5 Å². The SMILES string of the molecule is CC(C)(C)OC(=O)N[C@H]1CCC[C@@H](Nc2cnccn2)C1. The molecule has 0 aliphatic heterocycles. The molecule has 6 heteroatoms. The highest BCUT2D eigenvalue weighted by Gasteiger charge is 2.25. The maximum atomic E-state index is 11.8. The topological polar surface area (TPSA) is 76.1 Å². The number of hydrogen-bond donors (Lipinski definition) is 2. The molecule has 1 saturated carbocycles. The second-order valence-corrected chi connectivity index (χ2v) is 6.44. The van der Waals surface area contributed by atoms with Crippen LogP contribution in [0, 0.1) is 0 Å². The smallest absolute Gasteiger partial charge is 0.407 e. The molecule has 0 spiro atoms. The Kier molecular flexibility index (Phi) is 4.98. The van der Waals surface area contributed by atoms with E-state index in [1.165, 1.54) is 0 Å². The molecule has 1 fully saturated rings. The van der Waals surface area contributed by atoms with E-state index in [1.54, 1.807) is 18.6 Å². The number of anilines is 1. The molecule has 6 nitrogen and oxygen atoms in total. The third-order valence-electron chi connectivity index (χ3n) is 3.31. The van der Waals surface area contributed by atoms with Crippen molar-refractivity contribution in [2.24, 2.45) is 0 Å². The molecule has 2 atom stereocenters. The first-order chi connectivity index (χ1) is 9.92. The molecule has 2 rings (SSSR count). The van der Waals surface area contributed by atoms with Crippen molar-refractivity contribution in [3.63, 3.8) is 0 Å². The summed E-state index contributed by atoms with van der Waals surface area (Å²) in [7, 11) is 0. The molecule has 1 heterocycles. The molecule has 1 aliphatic rings. The van der Waals surface area contributed by atoms with Crippen LogP contribution < -0.4 is 10.6 Å². The van der Waals surface area contributed by atoms with E-state index in [0.29, 0.717) is 6.04 Å². The number of amides is 1. The van der Waals surface area contributed by atoms with Crippen LogP contribution in [0.15, 0.2) is 18.6 Å². The molecule has 0 bridgehead atoms. The van der Waals surface area contributed by atoms with Crippen LogP contribution in [0.25, 0.3) is 0 Å². The summed E-state index contributed by atoms with van der Waals surface area (Å²) >= 11 is 0. The lowest BCUT2D eigenvalue weighted by Crippen LogP contribution is -2.43. The van der Waals surface area contributed by atoms with Gasteiger partial charge in [0, 0.05) is 24.5 Å². The summed E-state index contributed by atoms with van der Waals surface area (Å²) in [5, 5.41) is 6.32. The number of nitrogens with zero attached hydrogens (tertiary/aromatic N) is 2. The average Bonchev–Trinajstić information content (AvgIpc) is 2.38. The monoisotopic (exact) mass is 292 g/mol. The van der Waals surface area contributed by atoms with Crippen LogP contribution >= 0.6 is 0 Å². The quantitative estimate of drug-likeness (QED) is 0.896. The molecule has 0 radical (unpaired) electrons. The van der Waals surface area contributed by atoms with Gasteiger partial charge in [-0.25, -0.2) is 9.78 Å². The van der Waals surface area contributed by atoms with Crippen molar-refractivity contribution in [1.29, 1.82) is 0 Å². The number of carbonyl (C=O) groups excluding carboxylic acids is 1. The standard InChI is InChI=1S/C15H24N4O2/c1-15(2,3)21-14(20)19-12-6-4-5-11(9-12)18-13-10-16-7-8-17-13/h7-8,10-12H,4-6,9H2,1-3H3,(H,17,18)(H,19,20)/t11-,12+/m1/s1. The van der Waals surface area contributed by atoms with Crippen LogP contribution in [0.5, 0.6) is 0 Å². The Labute approximate surface area is 125 Å². The first-order valence-electron chi connectivity index (χ1n) is 7.44. The predicted molar refractivity (Wildman–Crippen MR) is 81.1 cm³/mol. The van der Waals surface area contributed by atoms with Crippen LogP contribution in [-0.4, -0.2) is 33.7 Å². The van der Waals surface area contributed by atoms with Gasteiger partial charge in [0.1, 0.15) is 11.4 Å². The number of alkyl carbamates (subject to hydrolysis) is 1. The molecular weight excluding hydrogens is 268 g/mol. The minimum atomic E-state index is -0.462. The third kappa shape index (κ3) is 5.57. The molecule has 1 aromatic rings. The maximum absolute atomic E-state index is 11.8. The van der Waals surface area contributed by atoms with E-state index >= 15 is 0 Å². The Morgan fingerprint density at radius 1 is 1.29 bits per heavy atom. The van der Waals surface area contributed by atoms with Gasteiger partial charge in [-0.3, -0.25) is 4.98 Å². The number of carbonyl (C=O) groups is 1. The minimum Gasteiger partial charge on any atom is -0.444 e. The van der Waals surface area contributed by atoms with Gasteiger partial charge in [0.2, 0.25) is 0 Å². The van der Waals surface area contributed by atoms with E-state index < -0.39 is 5.60 Å². The van der Waals surface area contributed by atoms with Crippen molar-refractivity contribution in [2.45, 2.75) is 64.1 Å². The van der Waals surface area contributed by atoms with E-state index in [0.717, 1.165) is 31.5 Å². The highest BCUT2D eigenvalue weighted by molar-refractivity contribution is 5.68. The van der Waals surface area contributed by atoms with E-state index in [-0.39, 0.29) is 12.1 Å². The fourth-order valence-electron chi connectivity index (χ4n) is 2.51. The highest BCUT2D eigenvalue weighted by atomic mass is 16.6. The van der Waals surface area contributed by atoms with Crippen LogP contribution in [-0.2, 0) is 4.74 Å². The second-order valence-electron chi connectivity index (χ2n) is 6.44. The summed E-state index contributed by atoms with van der Waals surface area (Å²) in [6, 6.07) is 0.443. The fraction of sp³-hybridized carbons (Fsp3) is 0.667. The average molecular weight is 292 g/mol. The highest BCUT2D eigenvalue weighted by Crippen LogP contribution is 2.21. The summed E-state index contributed by atoms with van der Waals surface area (Å²) in [6.07, 6.45) is 8.69. The normalized spacial score (nSPS) is 22.4. The number of hydrogen-bond acceptors (Lipinski definition) is 5. The van der Waals surface area contributed by atoms with Gasteiger partial charge in [0.15, 0.2) is 0 Å². The zero-order valence-electron chi connectivity index (χ0n) is 12.9. The van der Waals surface area contributed by atoms with Gasteiger partial charge in [0.25, 0.3) is 0 Å². The second kappa shape index (κ2) is 6.74. The summed E-state index contributed by atoms with van der Waals surface area (Å²) in [5.74, 6) is 0.778. The lowest BCUT2D eigenvalue weighted by Gasteiger charge is -2.31. The molecule has 116 valence electrons. The van der Waals surface area contributed by atoms with Crippen LogP contribution in [0.2, 0.25) is 0 Å².